The van der Waals surface area contributed by atoms with Gasteiger partial charge in [0.15, 0.2) is 0 Å². The maximum absolute atomic E-state index is 6.24. The highest BCUT2D eigenvalue weighted by Gasteiger charge is 2.28. The highest BCUT2D eigenvalue weighted by Crippen LogP contribution is 2.32. The molecule has 2 heteroatoms. The van der Waals surface area contributed by atoms with E-state index in [0.29, 0.717) is 5.92 Å². The third kappa shape index (κ3) is 3.76. The van der Waals surface area contributed by atoms with Gasteiger partial charge in [-0.05, 0) is 38.5 Å². The van der Waals surface area contributed by atoms with Gasteiger partial charge in [0.25, 0.3) is 0 Å². The molecule has 15 heavy (non-hydrogen) atoms. The quantitative estimate of drug-likeness (QED) is 0.762. The van der Waals surface area contributed by atoms with Crippen LogP contribution < -0.4 is 5.73 Å². The Balaban J connectivity index is 2.32. The van der Waals surface area contributed by atoms with Crippen LogP contribution in [0.5, 0.6) is 0 Å². The fraction of sp³-hybridized carbons (Fsp3) is 1.00. The summed E-state index contributed by atoms with van der Waals surface area (Å²) >= 11 is 0. The summed E-state index contributed by atoms with van der Waals surface area (Å²) in [6.07, 6.45) is 6.90. The smallest absolute Gasteiger partial charge is 0.0700 e. The van der Waals surface area contributed by atoms with Gasteiger partial charge in [0.1, 0.15) is 0 Å². The van der Waals surface area contributed by atoms with Gasteiger partial charge >= 0.3 is 0 Å². The molecule has 2 atom stereocenters. The van der Waals surface area contributed by atoms with Crippen LogP contribution in [0.25, 0.3) is 0 Å². The van der Waals surface area contributed by atoms with Gasteiger partial charge in [0.2, 0.25) is 0 Å². The number of hydrogen-bond acceptors (Lipinski definition) is 2. The van der Waals surface area contributed by atoms with E-state index in [1.807, 2.05) is 6.92 Å². The summed E-state index contributed by atoms with van der Waals surface area (Å²) < 4.78 is 5.59. The Morgan fingerprint density at radius 3 is 2.27 bits per heavy atom. The van der Waals surface area contributed by atoms with E-state index >= 15 is 0 Å². The molecule has 0 saturated heterocycles. The average Bonchev–Trinajstić information content (AvgIpc) is 2.28. The highest BCUT2D eigenvalue weighted by atomic mass is 16.5. The molecule has 0 aromatic carbocycles. The molecule has 0 aromatic rings. The summed E-state index contributed by atoms with van der Waals surface area (Å²) in [5, 5.41) is 0. The van der Waals surface area contributed by atoms with E-state index in [1.165, 1.54) is 32.1 Å². The van der Waals surface area contributed by atoms with Gasteiger partial charge in [0, 0.05) is 12.6 Å². The van der Waals surface area contributed by atoms with Gasteiger partial charge in [0.05, 0.1) is 6.10 Å². The van der Waals surface area contributed by atoms with Crippen molar-refractivity contribution in [3.63, 3.8) is 0 Å². The van der Waals surface area contributed by atoms with Crippen molar-refractivity contribution in [1.29, 1.82) is 0 Å². The normalized spacial score (nSPS) is 31.2. The van der Waals surface area contributed by atoms with Crippen molar-refractivity contribution in [1.82, 2.24) is 0 Å². The predicted molar refractivity (Wildman–Crippen MR) is 64.8 cm³/mol. The third-order valence-corrected chi connectivity index (χ3v) is 3.98. The van der Waals surface area contributed by atoms with Crippen molar-refractivity contribution >= 4 is 0 Å². The van der Waals surface area contributed by atoms with Crippen LogP contribution in [0.1, 0.15) is 52.9 Å². The molecule has 0 aliphatic heterocycles. The zero-order valence-corrected chi connectivity index (χ0v) is 10.5. The Bertz CT molecular complexity index is 164. The average molecular weight is 213 g/mol. The summed E-state index contributed by atoms with van der Waals surface area (Å²) in [7, 11) is 0. The zero-order valence-electron chi connectivity index (χ0n) is 10.5. The van der Waals surface area contributed by atoms with E-state index in [2.05, 4.69) is 13.8 Å². The molecule has 2 N–H and O–H groups in total. The highest BCUT2D eigenvalue weighted by molar-refractivity contribution is 4.83. The predicted octanol–water partition coefficient (Wildman–Crippen LogP) is 2.96. The fourth-order valence-corrected chi connectivity index (χ4v) is 2.74. The first kappa shape index (κ1) is 13.0. The monoisotopic (exact) mass is 213 g/mol. The van der Waals surface area contributed by atoms with E-state index in [4.69, 9.17) is 10.5 Å². The first-order valence-corrected chi connectivity index (χ1v) is 6.56. The minimum Gasteiger partial charge on any atom is -0.377 e. The van der Waals surface area contributed by atoms with Gasteiger partial charge in [-0.25, -0.2) is 0 Å². The van der Waals surface area contributed by atoms with Crippen LogP contribution in [-0.2, 0) is 4.74 Å². The Hall–Kier alpha value is -0.0800. The summed E-state index contributed by atoms with van der Waals surface area (Å²) in [4.78, 5) is 0. The van der Waals surface area contributed by atoms with Crippen molar-refractivity contribution in [2.75, 3.05) is 6.61 Å². The number of nitrogens with two attached hydrogens (primary N) is 1. The molecule has 90 valence electrons. The first-order valence-electron chi connectivity index (χ1n) is 6.56. The lowest BCUT2D eigenvalue weighted by Gasteiger charge is -2.34. The van der Waals surface area contributed by atoms with Crippen molar-refractivity contribution in [2.45, 2.75) is 65.0 Å². The van der Waals surface area contributed by atoms with Crippen molar-refractivity contribution in [3.05, 3.63) is 0 Å². The van der Waals surface area contributed by atoms with Crippen molar-refractivity contribution < 1.29 is 4.74 Å². The van der Waals surface area contributed by atoms with Gasteiger partial charge in [-0.3, -0.25) is 0 Å². The summed E-state index contributed by atoms with van der Waals surface area (Å²) in [6, 6.07) is 0.239. The molecule has 1 aliphatic carbocycles. The van der Waals surface area contributed by atoms with Gasteiger partial charge in [-0.2, -0.15) is 0 Å². The minimum absolute atomic E-state index is 0.221. The van der Waals surface area contributed by atoms with Crippen LogP contribution in [0.2, 0.25) is 0 Å². The molecule has 1 rings (SSSR count). The largest absolute Gasteiger partial charge is 0.377 e. The van der Waals surface area contributed by atoms with Crippen LogP contribution in [0.15, 0.2) is 0 Å². The molecule has 1 saturated carbocycles. The Labute approximate surface area is 94.6 Å². The number of hydrogen-bond donors (Lipinski definition) is 1. The fourth-order valence-electron chi connectivity index (χ4n) is 2.74. The zero-order chi connectivity index (χ0) is 11.3. The summed E-state index contributed by atoms with van der Waals surface area (Å²) in [5.41, 5.74) is 6.24. The van der Waals surface area contributed by atoms with Crippen LogP contribution in [-0.4, -0.2) is 18.8 Å². The second-order valence-corrected chi connectivity index (χ2v) is 4.93. The van der Waals surface area contributed by atoms with Gasteiger partial charge in [-0.1, -0.05) is 26.2 Å². The summed E-state index contributed by atoms with van der Waals surface area (Å²) in [5.74, 6) is 1.64. The Kier molecular flexibility index (Phi) is 5.62. The number of ether oxygens (including phenoxy) is 1. The van der Waals surface area contributed by atoms with Crippen molar-refractivity contribution in [2.24, 2.45) is 17.6 Å². The lowest BCUT2D eigenvalue weighted by molar-refractivity contribution is 0.0333. The Morgan fingerprint density at radius 2 is 1.80 bits per heavy atom. The van der Waals surface area contributed by atoms with Crippen molar-refractivity contribution in [3.8, 4) is 0 Å². The topological polar surface area (TPSA) is 35.2 Å². The molecule has 2 unspecified atom stereocenters. The van der Waals surface area contributed by atoms with Crippen LogP contribution in [0.4, 0.5) is 0 Å². The standard InChI is InChI=1S/C13H27NO/c1-4-11-6-8-12(9-7-11)13(14)10(3)15-5-2/h10-13H,4-9,14H2,1-3H3. The molecular formula is C13H27NO. The summed E-state index contributed by atoms with van der Waals surface area (Å²) in [6.45, 7) is 7.23. The maximum Gasteiger partial charge on any atom is 0.0700 e. The lowest BCUT2D eigenvalue weighted by atomic mass is 9.77. The molecule has 0 amide bonds. The molecule has 1 fully saturated rings. The molecule has 0 heterocycles. The van der Waals surface area contributed by atoms with E-state index in [9.17, 15) is 0 Å². The maximum atomic E-state index is 6.24. The molecule has 0 bridgehead atoms. The van der Waals surface area contributed by atoms with Crippen LogP contribution >= 0.6 is 0 Å². The molecule has 2 nitrogen and oxygen atoms in total. The second-order valence-electron chi connectivity index (χ2n) is 4.93. The SMILES string of the molecule is CCOC(C)C(N)C1CCC(CC)CC1. The van der Waals surface area contributed by atoms with E-state index in [0.717, 1.165) is 12.5 Å². The molecule has 1 aliphatic rings. The van der Waals surface area contributed by atoms with Crippen LogP contribution in [0.3, 0.4) is 0 Å². The first-order chi connectivity index (χ1) is 7.19. The van der Waals surface area contributed by atoms with E-state index in [1.54, 1.807) is 0 Å². The number of rotatable bonds is 5. The van der Waals surface area contributed by atoms with Gasteiger partial charge in [-0.15, -0.1) is 0 Å². The Morgan fingerprint density at radius 1 is 1.20 bits per heavy atom. The molecule has 0 radical (unpaired) electrons. The molecular weight excluding hydrogens is 186 g/mol. The minimum atomic E-state index is 0.221. The van der Waals surface area contributed by atoms with E-state index < -0.39 is 0 Å². The molecule has 0 spiro atoms. The van der Waals surface area contributed by atoms with Gasteiger partial charge < -0.3 is 10.5 Å². The lowest BCUT2D eigenvalue weighted by Crippen LogP contribution is -2.42. The third-order valence-electron chi connectivity index (χ3n) is 3.98. The molecule has 0 aromatic heterocycles. The second kappa shape index (κ2) is 6.49. The van der Waals surface area contributed by atoms with Crippen LogP contribution in [0, 0.1) is 11.8 Å². The van der Waals surface area contributed by atoms with E-state index in [-0.39, 0.29) is 12.1 Å².